The second-order valence-corrected chi connectivity index (χ2v) is 9.87. The molecular weight excluding hydrogens is 335 g/mol. The van der Waals surface area contributed by atoms with Crippen LogP contribution in [0.15, 0.2) is 10.9 Å². The van der Waals surface area contributed by atoms with Gasteiger partial charge in [-0.15, -0.1) is 0 Å². The first-order chi connectivity index (χ1) is 11.9. The Morgan fingerprint density at radius 2 is 1.48 bits per heavy atom. The maximum Gasteiger partial charge on any atom is 0.341 e. The average Bonchev–Trinajstić information content (AvgIpc) is 2.57. The van der Waals surface area contributed by atoms with Crippen molar-refractivity contribution in [2.24, 2.45) is 5.92 Å². The summed E-state index contributed by atoms with van der Waals surface area (Å²) in [6, 6.07) is 0. The molecule has 2 N–H and O–H groups in total. The van der Waals surface area contributed by atoms with Gasteiger partial charge in [-0.2, -0.15) is 0 Å². The van der Waals surface area contributed by atoms with Crippen molar-refractivity contribution in [3.05, 3.63) is 10.9 Å². The summed E-state index contributed by atoms with van der Waals surface area (Å²) >= 11 is 0. The fourth-order valence-electron chi connectivity index (χ4n) is 3.89. The first-order valence-corrected chi connectivity index (χ1v) is 12.0. The van der Waals surface area contributed by atoms with Gasteiger partial charge in [0.05, 0.1) is 0 Å². The molecule has 146 valence electrons. The summed E-state index contributed by atoms with van der Waals surface area (Å²) < 4.78 is 12.7. The largest absolute Gasteiger partial charge is 0.477 e. The van der Waals surface area contributed by atoms with E-state index < -0.39 is 13.3 Å². The lowest BCUT2D eigenvalue weighted by Gasteiger charge is -2.25. The van der Waals surface area contributed by atoms with Gasteiger partial charge < -0.3 is 10.00 Å². The van der Waals surface area contributed by atoms with Gasteiger partial charge in [0.1, 0.15) is 5.31 Å². The number of hydrogen-bond donors (Lipinski definition) is 2. The molecule has 1 aliphatic rings. The Morgan fingerprint density at radius 3 is 2.00 bits per heavy atom. The van der Waals surface area contributed by atoms with Crippen molar-refractivity contribution in [1.82, 2.24) is 0 Å². The third kappa shape index (κ3) is 8.09. The molecule has 1 saturated carbocycles. The zero-order valence-electron chi connectivity index (χ0n) is 16.1. The summed E-state index contributed by atoms with van der Waals surface area (Å²) in [7, 11) is -3.77. The molecule has 0 bridgehead atoms. The number of carboxylic acids is 1. The molecule has 1 atom stereocenters. The van der Waals surface area contributed by atoms with Crippen molar-refractivity contribution in [3.8, 4) is 0 Å². The number of rotatable bonds is 12. The van der Waals surface area contributed by atoms with Crippen LogP contribution in [0.25, 0.3) is 0 Å². The Bertz CT molecular complexity index is 478. The molecule has 0 aromatic heterocycles. The van der Waals surface area contributed by atoms with Crippen molar-refractivity contribution < 1.29 is 19.4 Å². The molecule has 25 heavy (non-hydrogen) atoms. The molecule has 0 spiro atoms. The summed E-state index contributed by atoms with van der Waals surface area (Å²) in [5.74, 6) is -1.03. The molecule has 1 fully saturated rings. The van der Waals surface area contributed by atoms with Crippen molar-refractivity contribution in [2.45, 2.75) is 97.3 Å². The number of aliphatic carboxylic acids is 1. The molecular formula is C20H37O4P. The lowest BCUT2D eigenvalue weighted by atomic mass is 9.84. The molecule has 1 unspecified atom stereocenters. The molecule has 0 aliphatic heterocycles. The van der Waals surface area contributed by atoms with Crippen LogP contribution in [-0.2, 0) is 9.36 Å². The van der Waals surface area contributed by atoms with E-state index in [0.29, 0.717) is 12.0 Å². The normalized spacial score (nSPS) is 19.3. The Balaban J connectivity index is 2.54. The summed E-state index contributed by atoms with van der Waals surface area (Å²) in [5, 5.41) is 9.36. The van der Waals surface area contributed by atoms with Crippen LogP contribution in [0.4, 0.5) is 0 Å². The van der Waals surface area contributed by atoms with Gasteiger partial charge in [0.25, 0.3) is 0 Å². The fourth-order valence-corrected chi connectivity index (χ4v) is 5.80. The highest BCUT2D eigenvalue weighted by molar-refractivity contribution is 7.63. The molecule has 5 heteroatoms. The summed E-state index contributed by atoms with van der Waals surface area (Å²) in [6.45, 7) is 3.96. The highest BCUT2D eigenvalue weighted by atomic mass is 31.2. The number of allylic oxidation sites excluding steroid dienone is 1. The lowest BCUT2D eigenvalue weighted by molar-refractivity contribution is -0.132. The van der Waals surface area contributed by atoms with E-state index in [1.165, 1.54) is 38.5 Å². The summed E-state index contributed by atoms with van der Waals surface area (Å²) in [4.78, 5) is 22.1. The van der Waals surface area contributed by atoms with Gasteiger partial charge in [-0.05, 0) is 37.7 Å². The second kappa shape index (κ2) is 11.9. The Kier molecular flexibility index (Phi) is 10.7. The van der Waals surface area contributed by atoms with Gasteiger partial charge >= 0.3 is 5.97 Å². The van der Waals surface area contributed by atoms with Gasteiger partial charge in [0.2, 0.25) is 7.37 Å². The molecule has 0 saturated heterocycles. The molecule has 0 heterocycles. The molecule has 1 rings (SSSR count). The van der Waals surface area contributed by atoms with Crippen LogP contribution in [0.2, 0.25) is 0 Å². The predicted molar refractivity (Wildman–Crippen MR) is 104 cm³/mol. The minimum atomic E-state index is -3.77. The summed E-state index contributed by atoms with van der Waals surface area (Å²) in [6.07, 6.45) is 14.1. The van der Waals surface area contributed by atoms with E-state index in [-0.39, 0.29) is 17.4 Å². The molecule has 4 nitrogen and oxygen atoms in total. The first-order valence-electron chi connectivity index (χ1n) is 10.2. The van der Waals surface area contributed by atoms with Gasteiger partial charge in [0, 0.05) is 6.16 Å². The van der Waals surface area contributed by atoms with Gasteiger partial charge in [-0.25, -0.2) is 4.79 Å². The van der Waals surface area contributed by atoms with Crippen LogP contribution in [0.5, 0.6) is 0 Å². The standard InChI is InChI=1S/C20H37O4P/c1-3-4-5-6-7-8-9-13-16-25(23,24)19(20(21)22)17(2)18-14-11-10-12-15-18/h18H,3-16H2,1-2H3,(H,21,22)(H,23,24). The maximum atomic E-state index is 12.7. The fraction of sp³-hybridized carbons (Fsp3) is 0.850. The van der Waals surface area contributed by atoms with E-state index in [2.05, 4.69) is 6.92 Å². The summed E-state index contributed by atoms with van der Waals surface area (Å²) in [5.41, 5.74) is 0.651. The third-order valence-corrected chi connectivity index (χ3v) is 7.62. The van der Waals surface area contributed by atoms with Crippen LogP contribution in [0.3, 0.4) is 0 Å². The van der Waals surface area contributed by atoms with Crippen molar-refractivity contribution in [2.75, 3.05) is 6.16 Å². The third-order valence-electron chi connectivity index (χ3n) is 5.46. The van der Waals surface area contributed by atoms with Crippen molar-refractivity contribution in [3.63, 3.8) is 0 Å². The SMILES string of the molecule is CCCCCCCCCCP(=O)(O)C(C(=O)O)=C(C)C1CCCCC1. The van der Waals surface area contributed by atoms with E-state index in [1.807, 2.05) is 0 Å². The molecule has 0 radical (unpaired) electrons. The average molecular weight is 372 g/mol. The van der Waals surface area contributed by atoms with Crippen LogP contribution in [0.1, 0.15) is 97.3 Å². The van der Waals surface area contributed by atoms with Crippen LogP contribution in [0, 0.1) is 5.92 Å². The smallest absolute Gasteiger partial charge is 0.341 e. The quantitative estimate of drug-likeness (QED) is 0.238. The Hall–Kier alpha value is -0.600. The maximum absolute atomic E-state index is 12.7. The Labute approximate surface area is 153 Å². The first kappa shape index (κ1) is 22.4. The monoisotopic (exact) mass is 372 g/mol. The van der Waals surface area contributed by atoms with Gasteiger partial charge in [-0.3, -0.25) is 4.57 Å². The number of carboxylic acid groups (broad SMARTS) is 1. The second-order valence-electron chi connectivity index (χ2n) is 7.57. The van der Waals surface area contributed by atoms with Gasteiger partial charge in [0.15, 0.2) is 0 Å². The van der Waals surface area contributed by atoms with E-state index >= 15 is 0 Å². The number of carbonyl (C=O) groups is 1. The minimum Gasteiger partial charge on any atom is -0.477 e. The van der Waals surface area contributed by atoms with Crippen LogP contribution in [-0.4, -0.2) is 22.1 Å². The van der Waals surface area contributed by atoms with E-state index in [4.69, 9.17) is 0 Å². The molecule has 0 aromatic carbocycles. The van der Waals surface area contributed by atoms with E-state index in [1.54, 1.807) is 6.92 Å². The topological polar surface area (TPSA) is 74.6 Å². The highest BCUT2D eigenvalue weighted by Gasteiger charge is 2.34. The molecule has 0 aromatic rings. The number of hydrogen-bond acceptors (Lipinski definition) is 2. The van der Waals surface area contributed by atoms with E-state index in [0.717, 1.165) is 38.5 Å². The predicted octanol–water partition coefficient (Wildman–Crippen LogP) is 6.34. The minimum absolute atomic E-state index is 0.105. The molecule has 1 aliphatic carbocycles. The van der Waals surface area contributed by atoms with Gasteiger partial charge in [-0.1, -0.05) is 71.1 Å². The van der Waals surface area contributed by atoms with Crippen LogP contribution < -0.4 is 0 Å². The zero-order chi connectivity index (χ0) is 18.7. The van der Waals surface area contributed by atoms with Crippen molar-refractivity contribution in [1.29, 1.82) is 0 Å². The number of unbranched alkanes of at least 4 members (excludes halogenated alkanes) is 7. The van der Waals surface area contributed by atoms with Crippen molar-refractivity contribution >= 4 is 13.3 Å². The van der Waals surface area contributed by atoms with Crippen LogP contribution >= 0.6 is 7.37 Å². The highest BCUT2D eigenvalue weighted by Crippen LogP contribution is 2.53. The molecule has 0 amide bonds. The van der Waals surface area contributed by atoms with E-state index in [9.17, 15) is 19.4 Å². The zero-order valence-corrected chi connectivity index (χ0v) is 17.0. The Morgan fingerprint density at radius 1 is 0.960 bits per heavy atom. The lowest BCUT2D eigenvalue weighted by Crippen LogP contribution is -2.14.